The molecule has 2 aromatic rings. The van der Waals surface area contributed by atoms with Crippen LogP contribution in [0.2, 0.25) is 0 Å². The lowest BCUT2D eigenvalue weighted by molar-refractivity contribution is -0.0285. The molecule has 0 atom stereocenters. The number of ether oxygens (including phenoxy) is 1. The van der Waals surface area contributed by atoms with Crippen molar-refractivity contribution in [2.75, 3.05) is 19.7 Å². The van der Waals surface area contributed by atoms with E-state index in [0.717, 1.165) is 31.7 Å². The molecule has 110 valence electrons. The van der Waals surface area contributed by atoms with E-state index < -0.39 is 5.60 Å². The van der Waals surface area contributed by atoms with Crippen LogP contribution in [0.1, 0.15) is 12.8 Å². The van der Waals surface area contributed by atoms with E-state index >= 15 is 0 Å². The van der Waals surface area contributed by atoms with Gasteiger partial charge in [-0.05, 0) is 49.2 Å². The Labute approximate surface area is 125 Å². The minimum atomic E-state index is -0.691. The quantitative estimate of drug-likeness (QED) is 0.906. The van der Waals surface area contributed by atoms with Crippen LogP contribution in [0.15, 0.2) is 54.6 Å². The average Bonchev–Trinajstić information content (AvgIpc) is 2.55. The summed E-state index contributed by atoms with van der Waals surface area (Å²) < 4.78 is 5.76. The van der Waals surface area contributed by atoms with Gasteiger partial charge < -0.3 is 15.2 Å². The molecule has 3 heteroatoms. The SMILES string of the molecule is OC1(COc2ccc(-c3ccccc3)cc2)CCNCC1. The molecular formula is C18H21NO2. The fourth-order valence-corrected chi connectivity index (χ4v) is 2.63. The molecule has 3 rings (SSSR count). The summed E-state index contributed by atoms with van der Waals surface area (Å²) in [7, 11) is 0. The maximum atomic E-state index is 10.4. The van der Waals surface area contributed by atoms with Gasteiger partial charge in [0.2, 0.25) is 0 Å². The summed E-state index contributed by atoms with van der Waals surface area (Å²) in [6, 6.07) is 18.3. The topological polar surface area (TPSA) is 41.5 Å². The number of hydrogen-bond donors (Lipinski definition) is 2. The van der Waals surface area contributed by atoms with Crippen molar-refractivity contribution in [1.29, 1.82) is 0 Å². The fourth-order valence-electron chi connectivity index (χ4n) is 2.63. The van der Waals surface area contributed by atoms with Crippen LogP contribution in [0, 0.1) is 0 Å². The molecule has 0 unspecified atom stereocenters. The maximum absolute atomic E-state index is 10.4. The number of hydrogen-bond acceptors (Lipinski definition) is 3. The Morgan fingerprint density at radius 1 is 0.905 bits per heavy atom. The van der Waals surface area contributed by atoms with Crippen LogP contribution < -0.4 is 10.1 Å². The van der Waals surface area contributed by atoms with Crippen molar-refractivity contribution in [3.05, 3.63) is 54.6 Å². The van der Waals surface area contributed by atoms with Crippen LogP contribution in [0.3, 0.4) is 0 Å². The second-order valence-corrected chi connectivity index (χ2v) is 5.65. The molecule has 0 aromatic heterocycles. The van der Waals surface area contributed by atoms with Gasteiger partial charge in [-0.1, -0.05) is 42.5 Å². The van der Waals surface area contributed by atoms with E-state index in [4.69, 9.17) is 4.74 Å². The molecule has 1 aliphatic heterocycles. The molecule has 0 spiro atoms. The summed E-state index contributed by atoms with van der Waals surface area (Å²) in [6.07, 6.45) is 1.49. The fraction of sp³-hybridized carbons (Fsp3) is 0.333. The molecule has 0 saturated carbocycles. The van der Waals surface area contributed by atoms with Gasteiger partial charge in [-0.3, -0.25) is 0 Å². The lowest BCUT2D eigenvalue weighted by Crippen LogP contribution is -2.45. The first-order valence-corrected chi connectivity index (χ1v) is 7.47. The molecule has 0 aliphatic carbocycles. The van der Waals surface area contributed by atoms with Crippen LogP contribution in [0.4, 0.5) is 0 Å². The first-order valence-electron chi connectivity index (χ1n) is 7.47. The molecular weight excluding hydrogens is 262 g/mol. The number of rotatable bonds is 4. The average molecular weight is 283 g/mol. The lowest BCUT2D eigenvalue weighted by atomic mass is 9.93. The van der Waals surface area contributed by atoms with Gasteiger partial charge in [0.05, 0.1) is 0 Å². The zero-order chi connectivity index (χ0) is 14.5. The molecule has 0 bridgehead atoms. The molecule has 1 heterocycles. The zero-order valence-corrected chi connectivity index (χ0v) is 12.1. The molecule has 1 aliphatic rings. The van der Waals surface area contributed by atoms with Crippen molar-refractivity contribution in [2.24, 2.45) is 0 Å². The molecule has 1 saturated heterocycles. The van der Waals surface area contributed by atoms with Crippen LogP contribution in [0.5, 0.6) is 5.75 Å². The minimum Gasteiger partial charge on any atom is -0.491 e. The highest BCUT2D eigenvalue weighted by atomic mass is 16.5. The van der Waals surface area contributed by atoms with E-state index in [0.29, 0.717) is 6.61 Å². The Bertz CT molecular complexity index is 560. The number of piperidine rings is 1. The lowest BCUT2D eigenvalue weighted by Gasteiger charge is -2.32. The first kappa shape index (κ1) is 14.1. The van der Waals surface area contributed by atoms with Crippen LogP contribution >= 0.6 is 0 Å². The van der Waals surface area contributed by atoms with Crippen molar-refractivity contribution in [1.82, 2.24) is 5.32 Å². The van der Waals surface area contributed by atoms with Gasteiger partial charge in [-0.25, -0.2) is 0 Å². The highest BCUT2D eigenvalue weighted by molar-refractivity contribution is 5.63. The van der Waals surface area contributed by atoms with E-state index in [1.165, 1.54) is 11.1 Å². The van der Waals surface area contributed by atoms with Crippen LogP contribution in [-0.4, -0.2) is 30.4 Å². The second-order valence-electron chi connectivity index (χ2n) is 5.65. The minimum absolute atomic E-state index is 0.360. The molecule has 1 fully saturated rings. The highest BCUT2D eigenvalue weighted by Gasteiger charge is 2.29. The van der Waals surface area contributed by atoms with E-state index in [1.54, 1.807) is 0 Å². The molecule has 3 nitrogen and oxygen atoms in total. The molecule has 2 N–H and O–H groups in total. The van der Waals surface area contributed by atoms with Crippen molar-refractivity contribution in [3.63, 3.8) is 0 Å². The summed E-state index contributed by atoms with van der Waals surface area (Å²) in [5.41, 5.74) is 1.67. The molecule has 2 aromatic carbocycles. The van der Waals surface area contributed by atoms with Gasteiger partial charge >= 0.3 is 0 Å². The zero-order valence-electron chi connectivity index (χ0n) is 12.1. The molecule has 0 amide bonds. The van der Waals surface area contributed by atoms with Gasteiger partial charge in [-0.15, -0.1) is 0 Å². The van der Waals surface area contributed by atoms with E-state index in [-0.39, 0.29) is 0 Å². The Kier molecular flexibility index (Phi) is 4.23. The Hall–Kier alpha value is -1.84. The largest absolute Gasteiger partial charge is 0.491 e. The maximum Gasteiger partial charge on any atom is 0.119 e. The third-order valence-corrected chi connectivity index (χ3v) is 4.00. The first-order chi connectivity index (χ1) is 10.3. The molecule has 21 heavy (non-hydrogen) atoms. The van der Waals surface area contributed by atoms with E-state index in [9.17, 15) is 5.11 Å². The van der Waals surface area contributed by atoms with Crippen LogP contribution in [-0.2, 0) is 0 Å². The van der Waals surface area contributed by atoms with Gasteiger partial charge in [0, 0.05) is 0 Å². The van der Waals surface area contributed by atoms with Crippen molar-refractivity contribution >= 4 is 0 Å². The van der Waals surface area contributed by atoms with E-state index in [2.05, 4.69) is 29.6 Å². The summed E-state index contributed by atoms with van der Waals surface area (Å²) in [4.78, 5) is 0. The van der Waals surface area contributed by atoms with Crippen LogP contribution in [0.25, 0.3) is 11.1 Å². The van der Waals surface area contributed by atoms with Crippen molar-refractivity contribution in [3.8, 4) is 16.9 Å². The summed E-state index contributed by atoms with van der Waals surface area (Å²) in [5, 5.41) is 13.6. The predicted molar refractivity (Wildman–Crippen MR) is 84.4 cm³/mol. The Morgan fingerprint density at radius 3 is 2.19 bits per heavy atom. The normalized spacial score (nSPS) is 17.4. The van der Waals surface area contributed by atoms with Gasteiger partial charge in [0.25, 0.3) is 0 Å². The Morgan fingerprint density at radius 2 is 1.52 bits per heavy atom. The summed E-state index contributed by atoms with van der Waals surface area (Å²) in [6.45, 7) is 2.07. The number of benzene rings is 2. The number of nitrogens with one attached hydrogen (secondary N) is 1. The highest BCUT2D eigenvalue weighted by Crippen LogP contribution is 2.24. The third-order valence-electron chi connectivity index (χ3n) is 4.00. The summed E-state index contributed by atoms with van der Waals surface area (Å²) >= 11 is 0. The smallest absolute Gasteiger partial charge is 0.119 e. The standard InChI is InChI=1S/C18H21NO2/c20-18(10-12-19-13-11-18)14-21-17-8-6-16(7-9-17)15-4-2-1-3-5-15/h1-9,19-20H,10-14H2. The van der Waals surface area contributed by atoms with E-state index in [1.807, 2.05) is 30.3 Å². The monoisotopic (exact) mass is 283 g/mol. The van der Waals surface area contributed by atoms with Gasteiger partial charge in [-0.2, -0.15) is 0 Å². The Balaban J connectivity index is 1.62. The third kappa shape index (κ3) is 3.63. The predicted octanol–water partition coefficient (Wildman–Crippen LogP) is 2.85. The van der Waals surface area contributed by atoms with Gasteiger partial charge in [0.15, 0.2) is 0 Å². The van der Waals surface area contributed by atoms with Crippen molar-refractivity contribution in [2.45, 2.75) is 18.4 Å². The summed E-state index contributed by atoms with van der Waals surface area (Å²) in [5.74, 6) is 0.807. The number of aliphatic hydroxyl groups is 1. The second kappa shape index (κ2) is 6.29. The van der Waals surface area contributed by atoms with Crippen molar-refractivity contribution < 1.29 is 9.84 Å². The molecule has 0 radical (unpaired) electrons. The van der Waals surface area contributed by atoms with Gasteiger partial charge in [0.1, 0.15) is 18.0 Å².